The Kier molecular flexibility index (Phi) is 39.8. The van der Waals surface area contributed by atoms with E-state index in [4.69, 9.17) is 92.5 Å². The van der Waals surface area contributed by atoms with E-state index in [2.05, 4.69) is 34.3 Å². The van der Waals surface area contributed by atoms with Gasteiger partial charge in [-0.25, -0.2) is 30.5 Å². The Morgan fingerprint density at radius 3 is 0.963 bits per heavy atom. The molecule has 0 bridgehead atoms. The Morgan fingerprint density at radius 2 is 0.624 bits per heavy atom. The molecule has 7 N–H and O–H groups in total. The Balaban J connectivity index is 1.74. The van der Waals surface area contributed by atoms with Crippen LogP contribution in [0.4, 0.5) is 0 Å². The molecule has 5 fully saturated rings. The SMILES string of the molecule is CCCCOC1[C@H](O[C@H]2OC(COS(=O)(=O)O)[C@@H](OCCCC)[C@H](OCCCC)C2N=[N+]=[N-])C(C(=O)O)O[C@@H](O[C@@H]2C(COS(=O)(=O)O)O[C@@H](O[C@H]3C(C(=O)O)O[C@@H](O[C@@H]4C(COS(=O)(=O)O)O[C@H](OC)C(N=[N+]=[N-])[C@H]4OCCCC)[C@@H](OS(=O)(=O)O)C3OCCCC)C(N=[N+]=[N-])[C@H]2OS(=O)(=O)O)[C@H]1OCCCC. The molecule has 5 aliphatic rings. The van der Waals surface area contributed by atoms with E-state index in [9.17, 15) is 101 Å². The number of hydrogen-bond acceptors (Lipinski definition) is 36. The molecular weight excluding hydrogens is 1590 g/mol. The van der Waals surface area contributed by atoms with Gasteiger partial charge in [0.25, 0.3) is 0 Å². The van der Waals surface area contributed by atoms with Gasteiger partial charge in [0, 0.05) is 61.5 Å². The third kappa shape index (κ3) is 30.1. The molecular formula is C55H95N9O40S5. The van der Waals surface area contributed by atoms with Gasteiger partial charge in [0.05, 0.1) is 32.0 Å². The summed E-state index contributed by atoms with van der Waals surface area (Å²) >= 11 is 0. The lowest BCUT2D eigenvalue weighted by molar-refractivity contribution is -0.378. The van der Waals surface area contributed by atoms with E-state index in [1.807, 2.05) is 13.8 Å². The second-order valence-electron chi connectivity index (χ2n) is 24.6. The number of hydrogen-bond donors (Lipinski definition) is 7. The van der Waals surface area contributed by atoms with Crippen molar-refractivity contribution in [1.29, 1.82) is 0 Å². The highest BCUT2D eigenvalue weighted by Crippen LogP contribution is 2.42. The minimum atomic E-state index is -6.07. The zero-order valence-electron chi connectivity index (χ0n) is 60.0. The number of carboxylic acids is 2. The number of methoxy groups -OCH3 is 1. The highest BCUT2D eigenvalue weighted by Gasteiger charge is 2.62. The molecule has 0 aliphatic carbocycles. The molecule has 54 heteroatoms. The fourth-order valence-electron chi connectivity index (χ4n) is 11.8. The smallest absolute Gasteiger partial charge is 0.397 e. The molecule has 49 nitrogen and oxygen atoms in total. The normalized spacial score (nSPS) is 33.4. The number of aliphatic carboxylic acids is 2. The lowest BCUT2D eigenvalue weighted by Crippen LogP contribution is -2.69. The van der Waals surface area contributed by atoms with E-state index < -0.39 is 244 Å². The third-order valence-electron chi connectivity index (χ3n) is 16.7. The first kappa shape index (κ1) is 95.2. The molecule has 5 saturated heterocycles. The molecule has 25 atom stereocenters. The number of azide groups is 3. The van der Waals surface area contributed by atoms with E-state index >= 15 is 0 Å². The van der Waals surface area contributed by atoms with Gasteiger partial charge in [-0.05, 0) is 55.1 Å². The maximum atomic E-state index is 13.9. The first-order valence-electron chi connectivity index (χ1n) is 34.3. The molecule has 630 valence electrons. The van der Waals surface area contributed by atoms with Crippen molar-refractivity contribution in [2.24, 2.45) is 15.3 Å². The lowest BCUT2D eigenvalue weighted by atomic mass is 9.94. The summed E-state index contributed by atoms with van der Waals surface area (Å²) in [5.41, 5.74) is 30.1. The van der Waals surface area contributed by atoms with Crippen LogP contribution in [-0.4, -0.2) is 307 Å². The quantitative estimate of drug-likeness (QED) is 0.0151. The molecule has 5 heterocycles. The number of carbonyl (C=O) groups is 2. The topological polar surface area (TPSA) is 687 Å². The van der Waals surface area contributed by atoms with Crippen molar-refractivity contribution >= 4 is 63.9 Å². The average Bonchev–Trinajstić information content (AvgIpc) is 0.755. The van der Waals surface area contributed by atoms with Crippen molar-refractivity contribution in [3.63, 3.8) is 0 Å². The van der Waals surface area contributed by atoms with Gasteiger partial charge in [0.1, 0.15) is 91.4 Å². The van der Waals surface area contributed by atoms with Gasteiger partial charge in [-0.2, -0.15) is 42.1 Å². The van der Waals surface area contributed by atoms with Crippen LogP contribution in [0, 0.1) is 0 Å². The summed E-state index contributed by atoms with van der Waals surface area (Å²) in [6.07, 6.45) is -44.5. The van der Waals surface area contributed by atoms with Gasteiger partial charge in [0.15, 0.2) is 49.8 Å². The second-order valence-corrected chi connectivity index (χ2v) is 30.0. The summed E-state index contributed by atoms with van der Waals surface area (Å²) < 4.78 is 299. The number of carboxylic acid groups (broad SMARTS) is 2. The summed E-state index contributed by atoms with van der Waals surface area (Å²) in [5, 5.41) is 33.5. The fraction of sp³-hybridized carbons (Fsp3) is 0.964. The highest BCUT2D eigenvalue weighted by atomic mass is 32.3. The molecule has 0 aromatic heterocycles. The van der Waals surface area contributed by atoms with Crippen molar-refractivity contribution < 1.29 is 181 Å². The van der Waals surface area contributed by atoms with Crippen LogP contribution in [0.5, 0.6) is 0 Å². The van der Waals surface area contributed by atoms with Crippen molar-refractivity contribution in [3.05, 3.63) is 31.3 Å². The Morgan fingerprint density at radius 1 is 0.349 bits per heavy atom. The van der Waals surface area contributed by atoms with Gasteiger partial charge in [-0.3, -0.25) is 22.8 Å². The van der Waals surface area contributed by atoms with Crippen molar-refractivity contribution in [2.45, 2.75) is 272 Å². The van der Waals surface area contributed by atoms with Crippen LogP contribution in [0.2, 0.25) is 0 Å². The molecule has 0 aromatic carbocycles. The van der Waals surface area contributed by atoms with E-state index in [1.165, 1.54) is 0 Å². The monoisotopic (exact) mass is 1680 g/mol. The predicted octanol–water partition coefficient (Wildman–Crippen LogP) is 2.95. The van der Waals surface area contributed by atoms with E-state index in [0.717, 1.165) is 7.11 Å². The van der Waals surface area contributed by atoms with E-state index in [-0.39, 0.29) is 65.1 Å². The molecule has 0 radical (unpaired) electrons. The largest absolute Gasteiger partial charge is 0.479 e. The number of nitrogens with zero attached hydrogens (tertiary/aromatic N) is 9. The standard InChI is InChI=1S/C55H95N9O40S5/c1-8-14-20-85-35-29(26-91-105(69,70)71)95-52(33(60-63-57)38(35)86-21-15-9-2)99-43-41(88-23-17-11-4)47(90-25-19-13-6)54(101-45(43)49(65)66)98-37-31(28-93-107(75,76)77)96-53(34(61-64-58)40(37)103-108(78,79)80)100-44-42(89-24-18-12-5)48(104-109(81,82)83)55(102-46(44)50(67)68)97-36-30(27-92-106(72,73)74)94-51(84-7)32(59-62-56)39(36)87-22-16-10-3/h29-48,51-55H,8-28H2,1-7H3,(H,65,66)(H,67,68)(H,69,70,71)(H,72,73,74)(H,75,76,77)(H,78,79,80)(H,81,82,83)/t29?,30?,31?,32?,33?,34?,35-,36-,37-,38-,39-,40-,41?,42?,43+,44-,45?,46?,47+,48+,51+,52-,53+,54-,55-/m1/s1. The van der Waals surface area contributed by atoms with Crippen molar-refractivity contribution in [1.82, 2.24) is 0 Å². The lowest BCUT2D eigenvalue weighted by Gasteiger charge is -2.51. The number of ether oxygens (including phenoxy) is 16. The summed E-state index contributed by atoms with van der Waals surface area (Å²) in [6, 6.07) is -5.99. The summed E-state index contributed by atoms with van der Waals surface area (Å²) in [7, 11) is -27.3. The summed E-state index contributed by atoms with van der Waals surface area (Å²) in [5.74, 6) is -4.09. The Labute approximate surface area is 627 Å². The molecule has 0 spiro atoms. The summed E-state index contributed by atoms with van der Waals surface area (Å²) in [4.78, 5) is 36.2. The van der Waals surface area contributed by atoms with Gasteiger partial charge >= 0.3 is 63.9 Å². The second kappa shape index (κ2) is 45.6. The molecule has 0 amide bonds. The zero-order chi connectivity index (χ0) is 81.0. The van der Waals surface area contributed by atoms with Crippen LogP contribution in [0.15, 0.2) is 15.3 Å². The van der Waals surface area contributed by atoms with Gasteiger partial charge in [0.2, 0.25) is 0 Å². The van der Waals surface area contributed by atoms with Crippen LogP contribution >= 0.6 is 0 Å². The minimum Gasteiger partial charge on any atom is -0.479 e. The van der Waals surface area contributed by atoms with Crippen LogP contribution < -0.4 is 0 Å². The number of rotatable bonds is 51. The van der Waals surface area contributed by atoms with Gasteiger partial charge < -0.3 is 86.0 Å². The van der Waals surface area contributed by atoms with Crippen molar-refractivity contribution in [2.75, 3.05) is 66.6 Å². The summed E-state index contributed by atoms with van der Waals surface area (Å²) in [6.45, 7) is 4.97. The first-order chi connectivity index (χ1) is 51.5. The maximum Gasteiger partial charge on any atom is 0.397 e. The molecule has 0 aromatic rings. The molecule has 0 saturated carbocycles. The van der Waals surface area contributed by atoms with Crippen LogP contribution in [0.1, 0.15) is 119 Å². The minimum absolute atomic E-state index is 0.00700. The first-order valence-corrected chi connectivity index (χ1v) is 41.2. The third-order valence-corrected chi connectivity index (χ3v) is 19.0. The molecule has 109 heavy (non-hydrogen) atoms. The van der Waals surface area contributed by atoms with Crippen LogP contribution in [-0.2, 0) is 158 Å². The molecule has 5 aliphatic heterocycles. The van der Waals surface area contributed by atoms with Crippen LogP contribution in [0.25, 0.3) is 31.3 Å². The maximum absolute atomic E-state index is 13.9. The number of unbranched alkanes of at least 4 members (excludes halogenated alkanes) is 6. The van der Waals surface area contributed by atoms with E-state index in [0.29, 0.717) is 44.9 Å². The molecule has 10 unspecified atom stereocenters. The van der Waals surface area contributed by atoms with Crippen molar-refractivity contribution in [3.8, 4) is 0 Å². The van der Waals surface area contributed by atoms with E-state index in [1.54, 1.807) is 27.7 Å². The van der Waals surface area contributed by atoms with Gasteiger partial charge in [-0.1, -0.05) is 95.4 Å². The Bertz CT molecular complexity index is 3570. The average molecular weight is 1680 g/mol. The van der Waals surface area contributed by atoms with Gasteiger partial charge in [-0.15, -0.1) is 0 Å². The predicted molar refractivity (Wildman–Crippen MR) is 357 cm³/mol. The molecule has 5 rings (SSSR count). The fourth-order valence-corrected chi connectivity index (χ4v) is 13.7. The zero-order valence-corrected chi connectivity index (χ0v) is 64.0. The van der Waals surface area contributed by atoms with Crippen LogP contribution in [0.3, 0.4) is 0 Å². The highest BCUT2D eigenvalue weighted by molar-refractivity contribution is 7.81. The Hall–Kier alpha value is -4.42.